The largest absolute Gasteiger partial charge is 0.405 e. The highest BCUT2D eigenvalue weighted by molar-refractivity contribution is 5.26. The van der Waals surface area contributed by atoms with Crippen molar-refractivity contribution in [3.05, 3.63) is 23.9 Å². The van der Waals surface area contributed by atoms with Crippen LogP contribution >= 0.6 is 0 Å². The highest BCUT2D eigenvalue weighted by Gasteiger charge is 2.29. The van der Waals surface area contributed by atoms with Gasteiger partial charge in [-0.1, -0.05) is 12.2 Å². The first kappa shape index (κ1) is 5.10. The van der Waals surface area contributed by atoms with E-state index in [2.05, 4.69) is 12.2 Å². The van der Waals surface area contributed by atoms with Crippen LogP contribution in [0.3, 0.4) is 0 Å². The fraction of sp³-hybridized carbons (Fsp3) is 0.500. The third-order valence-corrected chi connectivity index (χ3v) is 2.36. The molecule has 0 saturated heterocycles. The monoisotopic (exact) mass is 121 g/mol. The summed E-state index contributed by atoms with van der Waals surface area (Å²) >= 11 is 0. The van der Waals surface area contributed by atoms with Crippen molar-refractivity contribution in [2.45, 2.75) is 12.8 Å². The van der Waals surface area contributed by atoms with E-state index < -0.39 is 0 Å². The first-order chi connectivity index (χ1) is 4.40. The molecule has 0 aliphatic heterocycles. The minimum atomic E-state index is 0.708. The number of allylic oxidation sites excluding steroid dienone is 3. The van der Waals surface area contributed by atoms with Gasteiger partial charge in [0.25, 0.3) is 0 Å². The number of hydrogen-bond donors (Lipinski definition) is 1. The molecular formula is C8H11N. The third kappa shape index (κ3) is 0.607. The Hall–Kier alpha value is -0.720. The van der Waals surface area contributed by atoms with Gasteiger partial charge in [-0.2, -0.15) is 0 Å². The number of fused-ring (bicyclic) bond motifs is 2. The molecule has 0 spiro atoms. The Morgan fingerprint density at radius 1 is 1.56 bits per heavy atom. The van der Waals surface area contributed by atoms with Crippen LogP contribution in [0.25, 0.3) is 0 Å². The quantitative estimate of drug-likeness (QED) is 0.482. The van der Waals surface area contributed by atoms with Crippen LogP contribution in [0.5, 0.6) is 0 Å². The van der Waals surface area contributed by atoms with Gasteiger partial charge in [0.2, 0.25) is 0 Å². The maximum Gasteiger partial charge on any atom is -0.00000549 e. The predicted molar refractivity (Wildman–Crippen MR) is 37.6 cm³/mol. The molecule has 0 aromatic carbocycles. The Morgan fingerprint density at radius 2 is 2.44 bits per heavy atom. The van der Waals surface area contributed by atoms with Crippen LogP contribution in [0.4, 0.5) is 0 Å². The molecule has 2 bridgehead atoms. The first-order valence-corrected chi connectivity index (χ1v) is 3.49. The number of hydrogen-bond acceptors (Lipinski definition) is 1. The molecule has 0 radical (unpaired) electrons. The van der Waals surface area contributed by atoms with Gasteiger partial charge in [0.1, 0.15) is 0 Å². The molecule has 2 N–H and O–H groups in total. The van der Waals surface area contributed by atoms with E-state index in [9.17, 15) is 0 Å². The van der Waals surface area contributed by atoms with E-state index in [-0.39, 0.29) is 0 Å². The molecule has 48 valence electrons. The fourth-order valence-corrected chi connectivity index (χ4v) is 1.85. The summed E-state index contributed by atoms with van der Waals surface area (Å²) in [5.74, 6) is 1.53. The van der Waals surface area contributed by atoms with Gasteiger partial charge < -0.3 is 5.73 Å². The highest BCUT2D eigenvalue weighted by atomic mass is 14.5. The average Bonchev–Trinajstić information content (AvgIpc) is 2.45. The molecule has 0 amide bonds. The van der Waals surface area contributed by atoms with Crippen molar-refractivity contribution in [3.8, 4) is 0 Å². The van der Waals surface area contributed by atoms with E-state index in [0.29, 0.717) is 5.92 Å². The molecule has 9 heavy (non-hydrogen) atoms. The number of rotatable bonds is 0. The first-order valence-electron chi connectivity index (χ1n) is 3.49. The zero-order valence-electron chi connectivity index (χ0n) is 5.38. The standard InChI is InChI=1S/C8H11N/c9-5-8-4-6-1-2-7(8)3-6/h1-2,5-7H,3-4,9H2/b8-5-. The Morgan fingerprint density at radius 3 is 2.78 bits per heavy atom. The van der Waals surface area contributed by atoms with Gasteiger partial charge >= 0.3 is 0 Å². The Labute approximate surface area is 55.2 Å². The summed E-state index contributed by atoms with van der Waals surface area (Å²) in [5, 5.41) is 0. The Bertz CT molecular complexity index is 179. The van der Waals surface area contributed by atoms with Crippen LogP contribution in [0.15, 0.2) is 23.9 Å². The summed E-state index contributed by atoms with van der Waals surface area (Å²) in [6, 6.07) is 0. The van der Waals surface area contributed by atoms with Crippen LogP contribution in [0.2, 0.25) is 0 Å². The molecule has 1 saturated carbocycles. The van der Waals surface area contributed by atoms with Crippen molar-refractivity contribution in [1.29, 1.82) is 0 Å². The maximum absolute atomic E-state index is 5.42. The van der Waals surface area contributed by atoms with Gasteiger partial charge in [0, 0.05) is 0 Å². The molecule has 0 aromatic heterocycles. The van der Waals surface area contributed by atoms with E-state index in [4.69, 9.17) is 5.73 Å². The Kier molecular flexibility index (Phi) is 0.922. The molecule has 1 fully saturated rings. The van der Waals surface area contributed by atoms with E-state index >= 15 is 0 Å². The van der Waals surface area contributed by atoms with Crippen LogP contribution in [-0.4, -0.2) is 0 Å². The molecule has 1 nitrogen and oxygen atoms in total. The molecule has 1 heteroatoms. The summed E-state index contributed by atoms with van der Waals surface area (Å²) in [4.78, 5) is 0. The topological polar surface area (TPSA) is 26.0 Å². The van der Waals surface area contributed by atoms with E-state index in [1.165, 1.54) is 18.4 Å². The van der Waals surface area contributed by atoms with Crippen molar-refractivity contribution in [2.75, 3.05) is 0 Å². The van der Waals surface area contributed by atoms with Crippen LogP contribution in [0.1, 0.15) is 12.8 Å². The lowest BCUT2D eigenvalue weighted by atomic mass is 10.0. The molecule has 2 unspecified atom stereocenters. The van der Waals surface area contributed by atoms with Crippen molar-refractivity contribution in [3.63, 3.8) is 0 Å². The van der Waals surface area contributed by atoms with Gasteiger partial charge in [-0.05, 0) is 36.5 Å². The van der Waals surface area contributed by atoms with Crippen LogP contribution in [-0.2, 0) is 0 Å². The number of nitrogens with two attached hydrogens (primary N) is 1. The van der Waals surface area contributed by atoms with Crippen molar-refractivity contribution >= 4 is 0 Å². The molecule has 2 atom stereocenters. The molecule has 2 aliphatic carbocycles. The normalized spacial score (nSPS) is 42.9. The predicted octanol–water partition coefficient (Wildman–Crippen LogP) is 1.43. The summed E-state index contributed by atoms with van der Waals surface area (Å²) in [6.07, 6.45) is 8.93. The molecule has 0 heterocycles. The second kappa shape index (κ2) is 1.63. The van der Waals surface area contributed by atoms with Gasteiger partial charge in [-0.15, -0.1) is 0 Å². The summed E-state index contributed by atoms with van der Waals surface area (Å²) in [7, 11) is 0. The van der Waals surface area contributed by atoms with Gasteiger partial charge in [0.15, 0.2) is 0 Å². The third-order valence-electron chi connectivity index (χ3n) is 2.36. The zero-order valence-corrected chi connectivity index (χ0v) is 5.38. The van der Waals surface area contributed by atoms with Gasteiger partial charge in [-0.25, -0.2) is 0 Å². The molecule has 2 rings (SSSR count). The van der Waals surface area contributed by atoms with Gasteiger partial charge in [0.05, 0.1) is 0 Å². The van der Waals surface area contributed by atoms with Crippen molar-refractivity contribution in [2.24, 2.45) is 17.6 Å². The smallest absolute Gasteiger partial charge is 0.00000549 e. The average molecular weight is 121 g/mol. The minimum Gasteiger partial charge on any atom is -0.405 e. The fourth-order valence-electron chi connectivity index (χ4n) is 1.85. The zero-order chi connectivity index (χ0) is 6.27. The lowest BCUT2D eigenvalue weighted by Crippen LogP contribution is -1.95. The van der Waals surface area contributed by atoms with Crippen LogP contribution < -0.4 is 5.73 Å². The van der Waals surface area contributed by atoms with Crippen molar-refractivity contribution < 1.29 is 0 Å². The molecular weight excluding hydrogens is 110 g/mol. The maximum atomic E-state index is 5.42. The summed E-state index contributed by atoms with van der Waals surface area (Å²) in [6.45, 7) is 0. The van der Waals surface area contributed by atoms with E-state index in [1.54, 1.807) is 6.20 Å². The van der Waals surface area contributed by atoms with E-state index in [1.807, 2.05) is 0 Å². The van der Waals surface area contributed by atoms with Gasteiger partial charge in [-0.3, -0.25) is 0 Å². The second-order valence-electron chi connectivity index (χ2n) is 2.93. The Balaban J connectivity index is 2.29. The lowest BCUT2D eigenvalue weighted by molar-refractivity contribution is 0.693. The summed E-state index contributed by atoms with van der Waals surface area (Å²) in [5.41, 5.74) is 6.87. The second-order valence-corrected chi connectivity index (χ2v) is 2.93. The SMILES string of the molecule is N/C=C1/CC2C=CC1C2. The highest BCUT2D eigenvalue weighted by Crippen LogP contribution is 2.42. The lowest BCUT2D eigenvalue weighted by Gasteiger charge is -2.04. The summed E-state index contributed by atoms with van der Waals surface area (Å²) < 4.78 is 0. The molecule has 0 aromatic rings. The minimum absolute atomic E-state index is 0.708. The molecule has 2 aliphatic rings. The van der Waals surface area contributed by atoms with E-state index in [0.717, 1.165) is 5.92 Å². The van der Waals surface area contributed by atoms with Crippen LogP contribution in [0, 0.1) is 11.8 Å². The van der Waals surface area contributed by atoms with Crippen molar-refractivity contribution in [1.82, 2.24) is 0 Å².